The number of carbonyl (C=O) groups is 1. The molecule has 3 aliphatic heterocycles. The lowest BCUT2D eigenvalue weighted by Crippen LogP contribution is -2.41. The number of imidazole rings is 1. The van der Waals surface area contributed by atoms with Gasteiger partial charge < -0.3 is 19.1 Å². The van der Waals surface area contributed by atoms with Crippen molar-refractivity contribution in [2.45, 2.75) is 62.8 Å². The second-order valence-corrected chi connectivity index (χ2v) is 12.5. The third kappa shape index (κ3) is 4.74. The van der Waals surface area contributed by atoms with E-state index in [-0.39, 0.29) is 39.5 Å². The highest BCUT2D eigenvalue weighted by Crippen LogP contribution is 2.59. The number of para-hydroxylation sites is 1. The van der Waals surface area contributed by atoms with Crippen molar-refractivity contribution in [3.05, 3.63) is 93.5 Å². The summed E-state index contributed by atoms with van der Waals surface area (Å²) in [5, 5.41) is 9.65. The van der Waals surface area contributed by atoms with Crippen LogP contribution in [0.1, 0.15) is 65.0 Å². The van der Waals surface area contributed by atoms with Crippen LogP contribution in [-0.4, -0.2) is 51.3 Å². The minimum atomic E-state index is -3.46. The number of likely N-dealkylation sites (tertiary alicyclic amines) is 1. The first-order valence-electron chi connectivity index (χ1n) is 14.8. The van der Waals surface area contributed by atoms with Crippen molar-refractivity contribution in [2.75, 3.05) is 19.7 Å². The summed E-state index contributed by atoms with van der Waals surface area (Å²) in [6.07, 6.45) is 2.43. The maximum atomic E-state index is 15.9. The van der Waals surface area contributed by atoms with Crippen LogP contribution in [0.25, 0.3) is 11.0 Å². The van der Waals surface area contributed by atoms with Crippen LogP contribution in [-0.2, 0) is 29.3 Å². The van der Waals surface area contributed by atoms with Gasteiger partial charge in [-0.25, -0.2) is 14.2 Å². The summed E-state index contributed by atoms with van der Waals surface area (Å²) < 4.78 is 60.5. The van der Waals surface area contributed by atoms with Gasteiger partial charge in [-0.05, 0) is 87.2 Å². The number of halogens is 4. The van der Waals surface area contributed by atoms with Crippen LogP contribution in [0.4, 0.5) is 13.2 Å². The fourth-order valence-electron chi connectivity index (χ4n) is 6.73. The molecule has 0 bridgehead atoms. The van der Waals surface area contributed by atoms with Gasteiger partial charge in [0.05, 0.1) is 41.4 Å². The summed E-state index contributed by atoms with van der Waals surface area (Å²) in [5.41, 5.74) is -0.281. The van der Waals surface area contributed by atoms with Crippen molar-refractivity contribution in [1.29, 1.82) is 0 Å². The maximum Gasteiger partial charge on any atom is 0.335 e. The summed E-state index contributed by atoms with van der Waals surface area (Å²) in [7, 11) is 0. The highest BCUT2D eigenvalue weighted by Gasteiger charge is 2.62. The summed E-state index contributed by atoms with van der Waals surface area (Å²) in [6.45, 7) is 4.51. The molecule has 4 aromatic rings. The maximum absolute atomic E-state index is 15.9. The number of hydrogen-bond donors (Lipinski definition) is 1. The van der Waals surface area contributed by atoms with Crippen LogP contribution < -0.4 is 4.74 Å². The van der Waals surface area contributed by atoms with Crippen molar-refractivity contribution in [3.8, 4) is 5.75 Å². The zero-order valence-corrected chi connectivity index (χ0v) is 24.8. The van der Waals surface area contributed by atoms with E-state index >= 15 is 8.78 Å². The first-order chi connectivity index (χ1) is 21.0. The minimum absolute atomic E-state index is 0.0188. The van der Waals surface area contributed by atoms with Crippen LogP contribution in [0.5, 0.6) is 5.75 Å². The molecule has 2 fully saturated rings. The number of rotatable bonds is 7. The van der Waals surface area contributed by atoms with E-state index in [4.69, 9.17) is 26.1 Å². The molecule has 44 heavy (non-hydrogen) atoms. The van der Waals surface area contributed by atoms with Crippen LogP contribution in [0.3, 0.4) is 0 Å². The van der Waals surface area contributed by atoms with Gasteiger partial charge in [0.15, 0.2) is 0 Å². The Balaban J connectivity index is 1.11. The third-order valence-electron chi connectivity index (χ3n) is 9.38. The van der Waals surface area contributed by atoms with E-state index in [0.29, 0.717) is 51.2 Å². The Morgan fingerprint density at radius 3 is 2.55 bits per heavy atom. The van der Waals surface area contributed by atoms with Crippen LogP contribution in [0.15, 0.2) is 54.6 Å². The number of hydrogen-bond acceptors (Lipinski definition) is 5. The van der Waals surface area contributed by atoms with Gasteiger partial charge in [-0.3, -0.25) is 4.90 Å². The molecule has 1 aromatic heterocycles. The summed E-state index contributed by atoms with van der Waals surface area (Å²) in [5.74, 6) is -4.34. The quantitative estimate of drug-likeness (QED) is 0.236. The number of benzene rings is 3. The number of fused-ring (bicyclic) bond motifs is 2. The summed E-state index contributed by atoms with van der Waals surface area (Å²) >= 11 is 5.89. The molecule has 7 rings (SSSR count). The molecular formula is C33H31ClF3N3O4. The van der Waals surface area contributed by atoms with E-state index in [2.05, 4.69) is 9.47 Å². The number of nitrogens with zero attached hydrogens (tertiary/aromatic N) is 3. The van der Waals surface area contributed by atoms with E-state index in [1.54, 1.807) is 24.3 Å². The molecule has 0 radical (unpaired) electrons. The molecule has 3 aromatic carbocycles. The fourth-order valence-corrected chi connectivity index (χ4v) is 6.89. The SMILES string of the molecule is CC1(c2ccc(Cl)cc2F)Oc2c(C3CCN(Cc4nc5ccc(C(=O)O)cc5n4C[C@@H]4CCO4)CC3)cccc2C1(F)F. The third-order valence-corrected chi connectivity index (χ3v) is 9.62. The predicted octanol–water partition coefficient (Wildman–Crippen LogP) is 7.10. The van der Waals surface area contributed by atoms with Gasteiger partial charge in [0.2, 0.25) is 5.60 Å². The van der Waals surface area contributed by atoms with Gasteiger partial charge in [0, 0.05) is 17.2 Å². The molecule has 0 aliphatic carbocycles. The molecule has 0 saturated carbocycles. The largest absolute Gasteiger partial charge is 0.478 e. The second-order valence-electron chi connectivity index (χ2n) is 12.0. The monoisotopic (exact) mass is 625 g/mol. The first-order valence-corrected chi connectivity index (χ1v) is 15.1. The second kappa shape index (κ2) is 10.8. The minimum Gasteiger partial charge on any atom is -0.478 e. The Hall–Kier alpha value is -3.60. The first kappa shape index (κ1) is 29.1. The highest BCUT2D eigenvalue weighted by atomic mass is 35.5. The van der Waals surface area contributed by atoms with Gasteiger partial charge >= 0.3 is 11.9 Å². The molecule has 0 spiro atoms. The summed E-state index contributed by atoms with van der Waals surface area (Å²) in [6, 6.07) is 13.5. The zero-order valence-electron chi connectivity index (χ0n) is 24.0. The summed E-state index contributed by atoms with van der Waals surface area (Å²) in [4.78, 5) is 18.7. The van der Waals surface area contributed by atoms with Crippen molar-refractivity contribution >= 4 is 28.6 Å². The normalized spacial score (nSPS) is 23.3. The van der Waals surface area contributed by atoms with E-state index in [1.807, 2.05) is 6.07 Å². The molecular weight excluding hydrogens is 595 g/mol. The van der Waals surface area contributed by atoms with Crippen molar-refractivity contribution in [2.24, 2.45) is 0 Å². The van der Waals surface area contributed by atoms with Gasteiger partial charge in [0.25, 0.3) is 0 Å². The number of alkyl halides is 2. The zero-order chi connectivity index (χ0) is 30.8. The Kier molecular flexibility index (Phi) is 7.14. The van der Waals surface area contributed by atoms with Crippen molar-refractivity contribution in [1.82, 2.24) is 14.5 Å². The molecule has 230 valence electrons. The lowest BCUT2D eigenvalue weighted by molar-refractivity contribution is -0.144. The van der Waals surface area contributed by atoms with Crippen LogP contribution in [0.2, 0.25) is 5.02 Å². The van der Waals surface area contributed by atoms with E-state index in [0.717, 1.165) is 29.3 Å². The smallest absolute Gasteiger partial charge is 0.335 e. The average molecular weight is 626 g/mol. The van der Waals surface area contributed by atoms with E-state index < -0.39 is 23.3 Å². The topological polar surface area (TPSA) is 76.8 Å². The van der Waals surface area contributed by atoms with E-state index in [1.165, 1.54) is 25.1 Å². The lowest BCUT2D eigenvalue weighted by atomic mass is 9.84. The molecule has 2 atom stereocenters. The number of carboxylic acids is 1. The van der Waals surface area contributed by atoms with Gasteiger partial charge in [-0.1, -0.05) is 29.8 Å². The van der Waals surface area contributed by atoms with Crippen molar-refractivity contribution < 1.29 is 32.5 Å². The average Bonchev–Trinajstić information content (AvgIpc) is 3.41. The van der Waals surface area contributed by atoms with Gasteiger partial charge in [-0.2, -0.15) is 8.78 Å². The molecule has 7 nitrogen and oxygen atoms in total. The molecule has 2 saturated heterocycles. The van der Waals surface area contributed by atoms with Crippen LogP contribution in [0, 0.1) is 5.82 Å². The Morgan fingerprint density at radius 2 is 1.86 bits per heavy atom. The fraction of sp³-hybridized carbons (Fsp3) is 0.394. The van der Waals surface area contributed by atoms with Gasteiger partial charge in [-0.15, -0.1) is 0 Å². The Morgan fingerprint density at radius 1 is 1.09 bits per heavy atom. The number of aromatic nitrogens is 2. The highest BCUT2D eigenvalue weighted by molar-refractivity contribution is 6.30. The van der Waals surface area contributed by atoms with Crippen LogP contribution >= 0.6 is 11.6 Å². The number of aromatic carboxylic acids is 1. The predicted molar refractivity (Wildman–Crippen MR) is 158 cm³/mol. The molecule has 1 unspecified atom stereocenters. The standard InChI is InChI=1S/C33H31ClF3N3O4/c1-32(24-7-6-21(34)16-26(24)35)33(36,37)25-4-2-3-23(30(25)44-32)19-9-12-39(13-10-19)18-29-38-27-8-5-20(31(41)42)15-28(27)40(29)17-22-11-14-43-22/h2-8,15-16,19,22H,9-14,17-18H2,1H3,(H,41,42)/t22-,32?/m0/s1. The lowest BCUT2D eigenvalue weighted by Gasteiger charge is -2.33. The Labute approximate surface area is 257 Å². The molecule has 3 aliphatic rings. The number of ether oxygens (including phenoxy) is 2. The number of carboxylic acid groups (broad SMARTS) is 1. The molecule has 1 N–H and O–H groups in total. The molecule has 0 amide bonds. The number of piperidine rings is 1. The Bertz CT molecular complexity index is 1770. The molecule has 11 heteroatoms. The van der Waals surface area contributed by atoms with E-state index in [9.17, 15) is 14.3 Å². The van der Waals surface area contributed by atoms with Crippen molar-refractivity contribution in [3.63, 3.8) is 0 Å². The molecule has 4 heterocycles. The van der Waals surface area contributed by atoms with Gasteiger partial charge in [0.1, 0.15) is 17.4 Å².